The number of hydrogen-bond donors (Lipinski definition) is 1. The number of hydrogen-bond acceptors (Lipinski definition) is 3. The molecule has 0 saturated heterocycles. The predicted octanol–water partition coefficient (Wildman–Crippen LogP) is 3.96. The van der Waals surface area contributed by atoms with Gasteiger partial charge in [0.05, 0.1) is 4.92 Å². The molecule has 0 spiro atoms. The smallest absolute Gasteiger partial charge is 0.305 e. The lowest BCUT2D eigenvalue weighted by molar-refractivity contribution is -0.387. The van der Waals surface area contributed by atoms with E-state index in [1.807, 2.05) is 32.0 Å². The zero-order chi connectivity index (χ0) is 14.7. The highest BCUT2D eigenvalue weighted by Gasteiger charge is 2.16. The van der Waals surface area contributed by atoms with E-state index < -0.39 is 16.4 Å². The topological polar surface area (TPSA) is 55.2 Å². The van der Waals surface area contributed by atoms with Crippen LogP contribution in [0.5, 0.6) is 0 Å². The second kappa shape index (κ2) is 5.69. The number of nitro benzene ring substituents is 1. The Bertz CT molecular complexity index is 636. The van der Waals surface area contributed by atoms with Crippen molar-refractivity contribution in [3.05, 3.63) is 69.0 Å². The van der Waals surface area contributed by atoms with Crippen molar-refractivity contribution in [3.63, 3.8) is 0 Å². The van der Waals surface area contributed by atoms with Crippen LogP contribution in [0.1, 0.15) is 16.7 Å². The fourth-order valence-electron chi connectivity index (χ4n) is 2.12. The molecule has 0 aliphatic carbocycles. The van der Waals surface area contributed by atoms with Crippen molar-refractivity contribution in [2.45, 2.75) is 20.4 Å². The van der Waals surface area contributed by atoms with Gasteiger partial charge < -0.3 is 5.32 Å². The maximum absolute atomic E-state index is 13.9. The maximum Gasteiger partial charge on any atom is 0.305 e. The monoisotopic (exact) mass is 274 g/mol. The Kier molecular flexibility index (Phi) is 3.98. The summed E-state index contributed by atoms with van der Waals surface area (Å²) in [5, 5.41) is 13.8. The van der Waals surface area contributed by atoms with Crippen LogP contribution in [0, 0.1) is 29.8 Å². The first-order valence-corrected chi connectivity index (χ1v) is 6.21. The summed E-state index contributed by atoms with van der Waals surface area (Å²) in [6, 6.07) is 10.1. The minimum Gasteiger partial charge on any atom is -0.381 e. The molecule has 0 atom stereocenters. The van der Waals surface area contributed by atoms with Gasteiger partial charge in [-0.3, -0.25) is 10.1 Å². The quantitative estimate of drug-likeness (QED) is 0.678. The van der Waals surface area contributed by atoms with Gasteiger partial charge in [-0.15, -0.1) is 0 Å². The number of nitro groups is 1. The Morgan fingerprint density at radius 3 is 2.45 bits per heavy atom. The number of halogens is 1. The molecule has 0 heterocycles. The third kappa shape index (κ3) is 3.12. The minimum atomic E-state index is -0.783. The lowest BCUT2D eigenvalue weighted by Crippen LogP contribution is -2.04. The molecule has 0 aliphatic heterocycles. The normalized spacial score (nSPS) is 10.3. The van der Waals surface area contributed by atoms with Gasteiger partial charge in [0, 0.05) is 23.9 Å². The van der Waals surface area contributed by atoms with Crippen molar-refractivity contribution in [1.29, 1.82) is 0 Å². The highest BCUT2D eigenvalue weighted by Crippen LogP contribution is 2.21. The summed E-state index contributed by atoms with van der Waals surface area (Å²) in [6.45, 7) is 4.16. The highest BCUT2D eigenvalue weighted by atomic mass is 19.1. The van der Waals surface area contributed by atoms with Crippen LogP contribution in [0.4, 0.5) is 15.8 Å². The van der Waals surface area contributed by atoms with E-state index in [4.69, 9.17) is 0 Å². The van der Waals surface area contributed by atoms with Crippen molar-refractivity contribution >= 4 is 11.4 Å². The maximum atomic E-state index is 13.9. The number of benzene rings is 2. The molecule has 4 nitrogen and oxygen atoms in total. The first kappa shape index (κ1) is 14.0. The van der Waals surface area contributed by atoms with Crippen LogP contribution in [-0.4, -0.2) is 4.92 Å². The van der Waals surface area contributed by atoms with E-state index in [0.717, 1.165) is 22.9 Å². The Morgan fingerprint density at radius 2 is 1.85 bits per heavy atom. The second-order valence-electron chi connectivity index (χ2n) is 4.74. The number of nitrogens with zero attached hydrogens (tertiary/aromatic N) is 1. The highest BCUT2D eigenvalue weighted by molar-refractivity contribution is 5.49. The molecule has 0 bridgehead atoms. The largest absolute Gasteiger partial charge is 0.381 e. The average molecular weight is 274 g/mol. The number of nitrogens with one attached hydrogen (secondary N) is 1. The first-order chi connectivity index (χ1) is 9.47. The van der Waals surface area contributed by atoms with Gasteiger partial charge in [-0.2, -0.15) is 4.39 Å². The number of rotatable bonds is 4. The predicted molar refractivity (Wildman–Crippen MR) is 76.3 cm³/mol. The molecule has 1 N–H and O–H groups in total. The lowest BCUT2D eigenvalue weighted by Gasteiger charge is -2.09. The first-order valence-electron chi connectivity index (χ1n) is 6.21. The molecule has 0 saturated carbocycles. The van der Waals surface area contributed by atoms with E-state index in [9.17, 15) is 14.5 Å². The summed E-state index contributed by atoms with van der Waals surface area (Å²) in [4.78, 5) is 9.97. The Morgan fingerprint density at radius 1 is 1.20 bits per heavy atom. The molecule has 5 heteroatoms. The summed E-state index contributed by atoms with van der Waals surface area (Å²) in [6.07, 6.45) is 0. The molecular weight excluding hydrogens is 259 g/mol. The minimum absolute atomic E-state index is 0.205. The van der Waals surface area contributed by atoms with Gasteiger partial charge in [-0.1, -0.05) is 18.2 Å². The van der Waals surface area contributed by atoms with Crippen LogP contribution in [0.15, 0.2) is 36.4 Å². The number of anilines is 1. The van der Waals surface area contributed by atoms with E-state index >= 15 is 0 Å². The van der Waals surface area contributed by atoms with Gasteiger partial charge in [-0.25, -0.2) is 0 Å². The second-order valence-corrected chi connectivity index (χ2v) is 4.74. The molecule has 0 radical (unpaired) electrons. The summed E-state index contributed by atoms with van der Waals surface area (Å²) in [5.74, 6) is -0.783. The third-order valence-corrected chi connectivity index (χ3v) is 2.96. The molecule has 0 amide bonds. The SMILES string of the molecule is Cc1cc(C)cc(NCc2cccc([N+](=O)[O-])c2F)c1. The van der Waals surface area contributed by atoms with Crippen molar-refractivity contribution < 1.29 is 9.31 Å². The summed E-state index contributed by atoms with van der Waals surface area (Å²) < 4.78 is 13.9. The van der Waals surface area contributed by atoms with Crippen molar-refractivity contribution in [1.82, 2.24) is 0 Å². The standard InChI is InChI=1S/C15H15FN2O2/c1-10-6-11(2)8-13(7-10)17-9-12-4-3-5-14(15(12)16)18(19)20/h3-8,17H,9H2,1-2H3. The Labute approximate surface area is 116 Å². The molecule has 20 heavy (non-hydrogen) atoms. The molecule has 0 unspecified atom stereocenters. The van der Waals surface area contributed by atoms with Crippen molar-refractivity contribution in [2.75, 3.05) is 5.32 Å². The molecule has 104 valence electrons. The molecule has 2 aromatic rings. The van der Waals surface area contributed by atoms with E-state index in [2.05, 4.69) is 5.32 Å². The van der Waals surface area contributed by atoms with Crippen molar-refractivity contribution in [3.8, 4) is 0 Å². The zero-order valence-corrected chi connectivity index (χ0v) is 11.3. The lowest BCUT2D eigenvalue weighted by atomic mass is 10.1. The number of aryl methyl sites for hydroxylation is 2. The molecule has 2 rings (SSSR count). The summed E-state index contributed by atoms with van der Waals surface area (Å²) in [7, 11) is 0. The van der Waals surface area contributed by atoms with Gasteiger partial charge in [0.2, 0.25) is 5.82 Å². The van der Waals surface area contributed by atoms with Crippen molar-refractivity contribution in [2.24, 2.45) is 0 Å². The Balaban J connectivity index is 2.19. The van der Waals surface area contributed by atoms with E-state index in [0.29, 0.717) is 0 Å². The Hall–Kier alpha value is -2.43. The van der Waals surface area contributed by atoms with Crippen LogP contribution in [0.3, 0.4) is 0 Å². The van der Waals surface area contributed by atoms with Gasteiger partial charge >= 0.3 is 5.69 Å². The van der Waals surface area contributed by atoms with Gasteiger partial charge in [-0.05, 0) is 37.1 Å². The van der Waals surface area contributed by atoms with E-state index in [-0.39, 0.29) is 12.1 Å². The molecule has 2 aromatic carbocycles. The van der Waals surface area contributed by atoms with Gasteiger partial charge in [0.25, 0.3) is 0 Å². The van der Waals surface area contributed by atoms with Crippen LogP contribution in [0.25, 0.3) is 0 Å². The average Bonchev–Trinajstić information content (AvgIpc) is 2.36. The summed E-state index contributed by atoms with van der Waals surface area (Å²) >= 11 is 0. The molecule has 0 aromatic heterocycles. The molecule has 0 fully saturated rings. The zero-order valence-electron chi connectivity index (χ0n) is 11.3. The summed E-state index contributed by atoms with van der Waals surface area (Å²) in [5.41, 5.74) is 2.86. The van der Waals surface area contributed by atoms with Crippen LogP contribution >= 0.6 is 0 Å². The van der Waals surface area contributed by atoms with Crippen LogP contribution in [-0.2, 0) is 6.54 Å². The van der Waals surface area contributed by atoms with E-state index in [1.54, 1.807) is 0 Å². The fourth-order valence-corrected chi connectivity index (χ4v) is 2.12. The van der Waals surface area contributed by atoms with Crippen LogP contribution in [0.2, 0.25) is 0 Å². The third-order valence-electron chi connectivity index (χ3n) is 2.96. The van der Waals surface area contributed by atoms with Gasteiger partial charge in [0.15, 0.2) is 0 Å². The van der Waals surface area contributed by atoms with Crippen LogP contribution < -0.4 is 5.32 Å². The fraction of sp³-hybridized carbons (Fsp3) is 0.200. The van der Waals surface area contributed by atoms with Gasteiger partial charge in [0.1, 0.15) is 0 Å². The molecule has 0 aliphatic rings. The van der Waals surface area contributed by atoms with E-state index in [1.165, 1.54) is 12.1 Å². The molecular formula is C15H15FN2O2.